The molecule has 6 N–H and O–H groups in total. The molecule has 8 nitrogen and oxygen atoms in total. The van der Waals surface area contributed by atoms with Gasteiger partial charge in [0.2, 0.25) is 11.8 Å². The first-order valence-corrected chi connectivity index (χ1v) is 12.0. The molecule has 4 atom stereocenters. The van der Waals surface area contributed by atoms with Crippen molar-refractivity contribution in [3.63, 3.8) is 0 Å². The lowest BCUT2D eigenvalue weighted by molar-refractivity contribution is -0.154. The van der Waals surface area contributed by atoms with Crippen LogP contribution in [0, 0.1) is 0 Å². The summed E-state index contributed by atoms with van der Waals surface area (Å²) in [4.78, 5) is 23.0. The summed E-state index contributed by atoms with van der Waals surface area (Å²) in [5, 5.41) is 4.95. The van der Waals surface area contributed by atoms with Crippen LogP contribution in [-0.4, -0.2) is 50.5 Å². The van der Waals surface area contributed by atoms with Crippen molar-refractivity contribution in [1.29, 1.82) is 0 Å². The molecule has 2 rings (SSSR count). The van der Waals surface area contributed by atoms with Crippen LogP contribution in [0.5, 0.6) is 11.5 Å². The Morgan fingerprint density at radius 1 is 0.675 bits per heavy atom. The van der Waals surface area contributed by atoms with Crippen LogP contribution in [0.3, 0.4) is 0 Å². The molecular weight excluding hydrogens is 546 g/mol. The van der Waals surface area contributed by atoms with Crippen molar-refractivity contribution in [1.82, 2.24) is 10.6 Å². The van der Waals surface area contributed by atoms with Gasteiger partial charge in [-0.3, -0.25) is 9.59 Å². The molecule has 224 valence electrons. The highest BCUT2D eigenvalue weighted by molar-refractivity contribution is 5.77. The zero-order valence-electron chi connectivity index (χ0n) is 22.4. The summed E-state index contributed by atoms with van der Waals surface area (Å²) in [6.07, 6.45) is -10.7. The van der Waals surface area contributed by atoms with E-state index < -0.39 is 61.2 Å². The molecule has 2 amide bonds. The summed E-state index contributed by atoms with van der Waals surface area (Å²) < 4.78 is 83.4. The van der Waals surface area contributed by atoms with Gasteiger partial charge in [-0.2, -0.15) is 26.3 Å². The van der Waals surface area contributed by atoms with Crippen LogP contribution < -0.4 is 31.6 Å². The SMILES string of the molecule is COc1ccc([C@H](C)NC(=O)C[C@@H](N)C(F)(F)F)cc1.COc1ccc([C@H](C)NC(=O)C[C@H](N)C(F)(F)F)cc1. The Bertz CT molecular complexity index is 977. The third-order valence-corrected chi connectivity index (χ3v) is 5.64. The number of alkyl halides is 6. The maximum absolute atomic E-state index is 12.2. The number of rotatable bonds is 10. The third-order valence-electron chi connectivity index (χ3n) is 5.64. The summed E-state index contributed by atoms with van der Waals surface area (Å²) in [7, 11) is 3.05. The van der Waals surface area contributed by atoms with E-state index in [9.17, 15) is 35.9 Å². The molecule has 0 aliphatic rings. The predicted octanol–water partition coefficient (Wildman–Crippen LogP) is 4.30. The standard InChI is InChI=1S/2C13H17F3N2O2/c2*1-8(9-3-5-10(20-2)6-4-9)18-12(19)7-11(17)13(14,15)16/h2*3-6,8,11H,7,17H2,1-2H3,(H,18,19)/t8-,11+;8-,11-/m00/s1. The molecule has 2 aromatic rings. The summed E-state index contributed by atoms with van der Waals surface area (Å²) in [5.74, 6) is -0.158. The van der Waals surface area contributed by atoms with Crippen molar-refractivity contribution >= 4 is 11.8 Å². The van der Waals surface area contributed by atoms with Gasteiger partial charge in [0.05, 0.1) is 39.1 Å². The highest BCUT2D eigenvalue weighted by atomic mass is 19.4. The number of methoxy groups -OCH3 is 2. The second kappa shape index (κ2) is 15.3. The number of hydrogen-bond acceptors (Lipinski definition) is 6. The summed E-state index contributed by atoms with van der Waals surface area (Å²) in [6.45, 7) is 3.36. The number of hydrogen-bond donors (Lipinski definition) is 4. The molecule has 0 radical (unpaired) electrons. The number of halogens is 6. The van der Waals surface area contributed by atoms with Gasteiger partial charge in [0.15, 0.2) is 0 Å². The van der Waals surface area contributed by atoms with Crippen molar-refractivity contribution in [2.75, 3.05) is 14.2 Å². The van der Waals surface area contributed by atoms with Crippen molar-refractivity contribution < 1.29 is 45.4 Å². The molecule has 2 aromatic carbocycles. The Kier molecular flexibility index (Phi) is 13.2. The van der Waals surface area contributed by atoms with Gasteiger partial charge in [-0.25, -0.2) is 0 Å². The van der Waals surface area contributed by atoms with Crippen LogP contribution in [0.25, 0.3) is 0 Å². The first-order valence-electron chi connectivity index (χ1n) is 12.0. The number of ether oxygens (including phenoxy) is 2. The Hall–Kier alpha value is -3.52. The van der Waals surface area contributed by atoms with Crippen molar-refractivity contribution in [2.45, 2.75) is 63.2 Å². The molecule has 0 heterocycles. The number of nitrogens with two attached hydrogens (primary N) is 2. The molecule has 0 fully saturated rings. The van der Waals surface area contributed by atoms with E-state index in [1.165, 1.54) is 14.2 Å². The lowest BCUT2D eigenvalue weighted by Gasteiger charge is -2.18. The molecule has 0 aromatic heterocycles. The fourth-order valence-electron chi connectivity index (χ4n) is 3.18. The summed E-state index contributed by atoms with van der Waals surface area (Å²) in [6, 6.07) is 8.64. The van der Waals surface area contributed by atoms with Gasteiger partial charge in [0.1, 0.15) is 23.6 Å². The molecule has 0 spiro atoms. The van der Waals surface area contributed by atoms with Crippen molar-refractivity contribution in [3.05, 3.63) is 59.7 Å². The van der Waals surface area contributed by atoms with Crippen LogP contribution >= 0.6 is 0 Å². The first-order chi connectivity index (χ1) is 18.5. The minimum absolute atomic E-state index is 0.408. The number of carbonyl (C=O) groups is 2. The van der Waals surface area contributed by atoms with Gasteiger partial charge in [0.25, 0.3) is 0 Å². The van der Waals surface area contributed by atoms with Gasteiger partial charge in [-0.1, -0.05) is 24.3 Å². The average molecular weight is 581 g/mol. The highest BCUT2D eigenvalue weighted by Gasteiger charge is 2.38. The number of benzene rings is 2. The smallest absolute Gasteiger partial charge is 0.404 e. The molecule has 0 saturated heterocycles. The van der Waals surface area contributed by atoms with E-state index in [0.717, 1.165) is 11.1 Å². The normalized spacial score (nSPS) is 14.5. The van der Waals surface area contributed by atoms with E-state index in [1.807, 2.05) is 0 Å². The summed E-state index contributed by atoms with van der Waals surface area (Å²) in [5.41, 5.74) is 11.3. The average Bonchev–Trinajstić information content (AvgIpc) is 2.87. The van der Waals surface area contributed by atoms with E-state index in [2.05, 4.69) is 10.6 Å². The Morgan fingerprint density at radius 3 is 1.18 bits per heavy atom. The Morgan fingerprint density at radius 2 is 0.950 bits per heavy atom. The number of carbonyl (C=O) groups excluding carboxylic acids is 2. The zero-order valence-corrected chi connectivity index (χ0v) is 22.4. The predicted molar refractivity (Wildman–Crippen MR) is 136 cm³/mol. The largest absolute Gasteiger partial charge is 0.497 e. The quantitative estimate of drug-likeness (QED) is 0.310. The second-order valence-corrected chi connectivity index (χ2v) is 8.83. The van der Waals surface area contributed by atoms with Crippen molar-refractivity contribution in [3.8, 4) is 11.5 Å². The van der Waals surface area contributed by atoms with Gasteiger partial charge < -0.3 is 31.6 Å². The number of nitrogens with one attached hydrogen (secondary N) is 2. The van der Waals surface area contributed by atoms with Gasteiger partial charge in [-0.15, -0.1) is 0 Å². The molecule has 0 aliphatic carbocycles. The Balaban J connectivity index is 0.000000400. The van der Waals surface area contributed by atoms with E-state index in [4.69, 9.17) is 20.9 Å². The molecule has 0 aliphatic heterocycles. The van der Waals surface area contributed by atoms with Gasteiger partial charge in [-0.05, 0) is 49.2 Å². The molecule has 0 saturated carbocycles. The van der Waals surface area contributed by atoms with E-state index in [1.54, 1.807) is 62.4 Å². The molecule has 40 heavy (non-hydrogen) atoms. The number of amides is 2. The Labute approximate surface area is 228 Å². The topological polar surface area (TPSA) is 129 Å². The van der Waals surface area contributed by atoms with Crippen LogP contribution in [0.2, 0.25) is 0 Å². The minimum Gasteiger partial charge on any atom is -0.497 e. The maximum atomic E-state index is 12.2. The van der Waals surface area contributed by atoms with Crippen LogP contribution in [0.15, 0.2) is 48.5 Å². The van der Waals surface area contributed by atoms with E-state index >= 15 is 0 Å². The fourth-order valence-corrected chi connectivity index (χ4v) is 3.18. The molecular formula is C26H34F6N4O4. The monoisotopic (exact) mass is 580 g/mol. The van der Waals surface area contributed by atoms with Crippen LogP contribution in [-0.2, 0) is 9.59 Å². The van der Waals surface area contributed by atoms with Gasteiger partial charge in [0, 0.05) is 0 Å². The lowest BCUT2D eigenvalue weighted by atomic mass is 10.1. The third kappa shape index (κ3) is 12.1. The van der Waals surface area contributed by atoms with E-state index in [0.29, 0.717) is 11.5 Å². The fraction of sp³-hybridized carbons (Fsp3) is 0.462. The second-order valence-electron chi connectivity index (χ2n) is 8.83. The van der Waals surface area contributed by atoms with Crippen LogP contribution in [0.4, 0.5) is 26.3 Å². The highest BCUT2D eigenvalue weighted by Crippen LogP contribution is 2.23. The zero-order chi connectivity index (χ0) is 30.7. The van der Waals surface area contributed by atoms with Crippen LogP contribution in [0.1, 0.15) is 49.9 Å². The molecule has 14 heteroatoms. The maximum Gasteiger partial charge on any atom is 0.404 e. The first kappa shape index (κ1) is 34.5. The van der Waals surface area contributed by atoms with Gasteiger partial charge >= 0.3 is 12.4 Å². The minimum atomic E-state index is -4.57. The summed E-state index contributed by atoms with van der Waals surface area (Å²) >= 11 is 0. The van der Waals surface area contributed by atoms with E-state index in [-0.39, 0.29) is 0 Å². The molecule has 0 unspecified atom stereocenters. The lowest BCUT2D eigenvalue weighted by Crippen LogP contribution is -2.42. The molecule has 0 bridgehead atoms. The van der Waals surface area contributed by atoms with Crippen molar-refractivity contribution in [2.24, 2.45) is 11.5 Å².